The molecule has 1 aromatic carbocycles. The van der Waals surface area contributed by atoms with E-state index in [2.05, 4.69) is 26.6 Å². The molecule has 0 unspecified atom stereocenters. The van der Waals surface area contributed by atoms with Gasteiger partial charge in [0.1, 0.15) is 5.60 Å². The second-order valence-electron chi connectivity index (χ2n) is 8.11. The third-order valence-corrected chi connectivity index (χ3v) is 6.20. The zero-order valence-corrected chi connectivity index (χ0v) is 17.0. The number of fused-ring (bicyclic) bond motifs is 1. The Hall–Kier alpha value is -2.56. The van der Waals surface area contributed by atoms with Crippen LogP contribution in [0.25, 0.3) is 10.9 Å². The predicted molar refractivity (Wildman–Crippen MR) is 111 cm³/mol. The maximum Gasteiger partial charge on any atom is 0.315 e. The van der Waals surface area contributed by atoms with E-state index in [0.29, 0.717) is 18.7 Å². The van der Waals surface area contributed by atoms with E-state index in [4.69, 9.17) is 4.74 Å². The number of aromatic nitrogens is 1. The maximum absolute atomic E-state index is 12.2. The standard InChI is InChI=1S/C22H29N5O2/c1-2-24-21(28)26-20-5-3-4-8-22(20)15-27(9-10-29-22)14-17-13-25-19-7-6-16(12-23)11-18(17)19/h6-7,11,13,20,25H,2-5,8-10,14-15H2,1H3,(H2,24,26,28)/t20-,22-/m1/s1. The van der Waals surface area contributed by atoms with Gasteiger partial charge >= 0.3 is 6.03 Å². The molecule has 1 saturated carbocycles. The Balaban J connectivity index is 1.51. The lowest BCUT2D eigenvalue weighted by molar-refractivity contribution is -0.142. The van der Waals surface area contributed by atoms with E-state index in [1.807, 2.05) is 31.3 Å². The molecule has 3 N–H and O–H groups in total. The van der Waals surface area contributed by atoms with Crippen molar-refractivity contribution in [2.75, 3.05) is 26.2 Å². The van der Waals surface area contributed by atoms with Crippen LogP contribution in [-0.4, -0.2) is 53.8 Å². The number of hydrogen-bond donors (Lipinski definition) is 3. The fraction of sp³-hybridized carbons (Fsp3) is 0.545. The van der Waals surface area contributed by atoms with Crippen LogP contribution in [0.1, 0.15) is 43.7 Å². The van der Waals surface area contributed by atoms with Gasteiger partial charge in [0.15, 0.2) is 0 Å². The van der Waals surface area contributed by atoms with Crippen LogP contribution in [0, 0.1) is 11.3 Å². The van der Waals surface area contributed by atoms with Crippen molar-refractivity contribution in [3.63, 3.8) is 0 Å². The predicted octanol–water partition coefficient (Wildman–Crippen LogP) is 2.87. The molecule has 1 aliphatic heterocycles. The number of amides is 2. The van der Waals surface area contributed by atoms with E-state index in [1.54, 1.807) is 0 Å². The second kappa shape index (κ2) is 8.44. The number of benzene rings is 1. The van der Waals surface area contributed by atoms with Crippen LogP contribution < -0.4 is 10.6 Å². The smallest absolute Gasteiger partial charge is 0.315 e. The second-order valence-corrected chi connectivity index (χ2v) is 8.11. The molecule has 2 fully saturated rings. The number of ether oxygens (including phenoxy) is 1. The van der Waals surface area contributed by atoms with Gasteiger partial charge in [-0.1, -0.05) is 12.8 Å². The van der Waals surface area contributed by atoms with Crippen molar-refractivity contribution < 1.29 is 9.53 Å². The molecular formula is C22H29N5O2. The topological polar surface area (TPSA) is 93.2 Å². The first-order valence-corrected chi connectivity index (χ1v) is 10.5. The number of nitriles is 1. The SMILES string of the molecule is CCNC(=O)N[C@@H]1CCCC[C@@]12CN(Cc1c[nH]c3ccc(C#N)cc13)CCO2. The first kappa shape index (κ1) is 19.7. The molecule has 7 heteroatoms. The highest BCUT2D eigenvalue weighted by atomic mass is 16.5. The first-order valence-electron chi connectivity index (χ1n) is 10.5. The summed E-state index contributed by atoms with van der Waals surface area (Å²) in [5, 5.41) is 16.3. The van der Waals surface area contributed by atoms with E-state index in [9.17, 15) is 10.1 Å². The summed E-state index contributed by atoms with van der Waals surface area (Å²) in [5.74, 6) is 0. The van der Waals surface area contributed by atoms with Crippen LogP contribution in [0.5, 0.6) is 0 Å². The molecule has 1 saturated heterocycles. The van der Waals surface area contributed by atoms with E-state index >= 15 is 0 Å². The van der Waals surface area contributed by atoms with Gasteiger partial charge in [-0.2, -0.15) is 5.26 Å². The van der Waals surface area contributed by atoms with Gasteiger partial charge in [0.2, 0.25) is 0 Å². The number of morpholine rings is 1. The minimum Gasteiger partial charge on any atom is -0.370 e. The van der Waals surface area contributed by atoms with Crippen molar-refractivity contribution in [2.45, 2.75) is 50.8 Å². The van der Waals surface area contributed by atoms with Crippen LogP contribution in [0.3, 0.4) is 0 Å². The molecule has 0 radical (unpaired) electrons. The van der Waals surface area contributed by atoms with E-state index in [1.165, 1.54) is 5.56 Å². The number of nitrogens with zero attached hydrogens (tertiary/aromatic N) is 2. The molecule has 1 spiro atoms. The zero-order chi connectivity index (χ0) is 20.3. The molecule has 7 nitrogen and oxygen atoms in total. The third-order valence-electron chi connectivity index (χ3n) is 6.20. The minimum absolute atomic E-state index is 0.0266. The van der Waals surface area contributed by atoms with Gasteiger partial charge in [-0.25, -0.2) is 4.79 Å². The summed E-state index contributed by atoms with van der Waals surface area (Å²) >= 11 is 0. The molecular weight excluding hydrogens is 366 g/mol. The summed E-state index contributed by atoms with van der Waals surface area (Å²) < 4.78 is 6.34. The number of carbonyl (C=O) groups excluding carboxylic acids is 1. The molecule has 1 aliphatic carbocycles. The average Bonchev–Trinajstić information content (AvgIpc) is 3.12. The summed E-state index contributed by atoms with van der Waals surface area (Å²) in [5.41, 5.74) is 2.59. The highest BCUT2D eigenvalue weighted by Gasteiger charge is 2.45. The average molecular weight is 396 g/mol. The minimum atomic E-state index is -0.328. The number of urea groups is 1. The Bertz CT molecular complexity index is 914. The lowest BCUT2D eigenvalue weighted by Crippen LogP contribution is -2.64. The highest BCUT2D eigenvalue weighted by Crippen LogP contribution is 2.35. The number of aromatic amines is 1. The monoisotopic (exact) mass is 395 g/mol. The Kier molecular flexibility index (Phi) is 5.74. The number of hydrogen-bond acceptors (Lipinski definition) is 4. The molecule has 2 atom stereocenters. The number of rotatable bonds is 4. The number of carbonyl (C=O) groups is 1. The van der Waals surface area contributed by atoms with Gasteiger partial charge in [-0.05, 0) is 43.5 Å². The molecule has 2 amide bonds. The summed E-state index contributed by atoms with van der Waals surface area (Å²) in [4.78, 5) is 17.9. The Morgan fingerprint density at radius 1 is 1.45 bits per heavy atom. The van der Waals surface area contributed by atoms with Gasteiger partial charge in [0.05, 0.1) is 24.3 Å². The number of H-pyrrole nitrogens is 1. The normalized spacial score (nSPS) is 25.0. The lowest BCUT2D eigenvalue weighted by atomic mass is 9.79. The Labute approximate surface area is 171 Å². The quantitative estimate of drug-likeness (QED) is 0.742. The summed E-state index contributed by atoms with van der Waals surface area (Å²) in [6.07, 6.45) is 6.19. The van der Waals surface area contributed by atoms with Crippen LogP contribution >= 0.6 is 0 Å². The first-order chi connectivity index (χ1) is 14.1. The van der Waals surface area contributed by atoms with E-state index in [-0.39, 0.29) is 17.7 Å². The molecule has 4 rings (SSSR count). The van der Waals surface area contributed by atoms with Crippen molar-refractivity contribution >= 4 is 16.9 Å². The third kappa shape index (κ3) is 4.09. The van der Waals surface area contributed by atoms with Crippen LogP contribution in [-0.2, 0) is 11.3 Å². The zero-order valence-electron chi connectivity index (χ0n) is 17.0. The van der Waals surface area contributed by atoms with Crippen molar-refractivity contribution in [1.82, 2.24) is 20.5 Å². The maximum atomic E-state index is 12.2. The number of nitrogens with one attached hydrogen (secondary N) is 3. The van der Waals surface area contributed by atoms with E-state index < -0.39 is 0 Å². The summed E-state index contributed by atoms with van der Waals surface area (Å²) in [6, 6.07) is 7.90. The van der Waals surface area contributed by atoms with Gasteiger partial charge in [-0.15, -0.1) is 0 Å². The Morgan fingerprint density at radius 3 is 3.17 bits per heavy atom. The summed E-state index contributed by atoms with van der Waals surface area (Å²) in [6.45, 7) is 5.67. The van der Waals surface area contributed by atoms with Crippen molar-refractivity contribution in [3.05, 3.63) is 35.5 Å². The molecule has 1 aromatic heterocycles. The molecule has 2 aromatic rings. The fourth-order valence-electron chi connectivity index (χ4n) is 4.78. The molecule has 29 heavy (non-hydrogen) atoms. The van der Waals surface area contributed by atoms with Crippen LogP contribution in [0.4, 0.5) is 4.79 Å². The van der Waals surface area contributed by atoms with Crippen LogP contribution in [0.15, 0.2) is 24.4 Å². The van der Waals surface area contributed by atoms with Gasteiger partial charge in [-0.3, -0.25) is 4.90 Å². The fourth-order valence-corrected chi connectivity index (χ4v) is 4.78. The van der Waals surface area contributed by atoms with Crippen LogP contribution in [0.2, 0.25) is 0 Å². The molecule has 154 valence electrons. The lowest BCUT2D eigenvalue weighted by Gasteiger charge is -2.49. The van der Waals surface area contributed by atoms with E-state index in [0.717, 1.165) is 56.2 Å². The molecule has 2 heterocycles. The van der Waals surface area contributed by atoms with Gasteiger partial charge in [0.25, 0.3) is 0 Å². The van der Waals surface area contributed by atoms with Gasteiger partial charge in [0, 0.05) is 43.3 Å². The Morgan fingerprint density at radius 2 is 2.34 bits per heavy atom. The van der Waals surface area contributed by atoms with Gasteiger partial charge < -0.3 is 20.4 Å². The highest BCUT2D eigenvalue weighted by molar-refractivity contribution is 5.84. The largest absolute Gasteiger partial charge is 0.370 e. The van der Waals surface area contributed by atoms with Crippen molar-refractivity contribution in [3.8, 4) is 6.07 Å². The summed E-state index contributed by atoms with van der Waals surface area (Å²) in [7, 11) is 0. The van der Waals surface area contributed by atoms with Crippen molar-refractivity contribution in [1.29, 1.82) is 5.26 Å². The molecule has 0 bridgehead atoms. The molecule has 2 aliphatic rings. The van der Waals surface area contributed by atoms with Crippen molar-refractivity contribution in [2.24, 2.45) is 0 Å².